The molecule has 114 valence electrons. The number of hydrogen-bond donors (Lipinski definition) is 1. The molecule has 2 heterocycles. The van der Waals surface area contributed by atoms with Gasteiger partial charge in [0.15, 0.2) is 0 Å². The van der Waals surface area contributed by atoms with Gasteiger partial charge in [-0.1, -0.05) is 0 Å². The molecule has 1 amide bonds. The second-order valence-electron chi connectivity index (χ2n) is 5.34. The van der Waals surface area contributed by atoms with Crippen LogP contribution in [0.2, 0.25) is 0 Å². The summed E-state index contributed by atoms with van der Waals surface area (Å²) in [6, 6.07) is 1.80. The highest BCUT2D eigenvalue weighted by Crippen LogP contribution is 2.13. The van der Waals surface area contributed by atoms with E-state index in [1.165, 1.54) is 32.5 Å². The Kier molecular flexibility index (Phi) is 7.10. The van der Waals surface area contributed by atoms with Gasteiger partial charge in [0.1, 0.15) is 11.5 Å². The molecule has 0 radical (unpaired) electrons. The van der Waals surface area contributed by atoms with Gasteiger partial charge in [0.25, 0.3) is 5.91 Å². The lowest BCUT2D eigenvalue weighted by Gasteiger charge is -2.13. The molecule has 1 aromatic heterocycles. The fourth-order valence-corrected chi connectivity index (χ4v) is 2.62. The number of unbranched alkanes of at least 4 members (excludes halogenated alkanes) is 1. The van der Waals surface area contributed by atoms with Crippen LogP contribution in [0, 0.1) is 13.8 Å². The molecular formula is C15H25ClN2O2. The van der Waals surface area contributed by atoms with Gasteiger partial charge < -0.3 is 14.6 Å². The SMILES string of the molecule is Cc1cc(C(=O)NCCCCN2CCCC2)c(C)o1.Cl. The van der Waals surface area contributed by atoms with Crippen LogP contribution in [0.5, 0.6) is 0 Å². The topological polar surface area (TPSA) is 45.5 Å². The first-order valence-corrected chi connectivity index (χ1v) is 7.24. The Hall–Kier alpha value is -1.000. The standard InChI is InChI=1S/C15H24N2O2.ClH/c1-12-11-14(13(2)19-12)15(18)16-7-3-4-8-17-9-5-6-10-17;/h11H,3-10H2,1-2H3,(H,16,18);1H. The van der Waals surface area contributed by atoms with E-state index in [9.17, 15) is 4.79 Å². The van der Waals surface area contributed by atoms with Crippen molar-refractivity contribution in [3.8, 4) is 0 Å². The molecule has 0 saturated carbocycles. The quantitative estimate of drug-likeness (QED) is 0.822. The van der Waals surface area contributed by atoms with Crippen LogP contribution in [-0.4, -0.2) is 37.0 Å². The number of halogens is 1. The van der Waals surface area contributed by atoms with Crippen LogP contribution in [0.1, 0.15) is 47.6 Å². The molecule has 1 aromatic rings. The van der Waals surface area contributed by atoms with Crippen molar-refractivity contribution < 1.29 is 9.21 Å². The maximum Gasteiger partial charge on any atom is 0.254 e. The minimum Gasteiger partial charge on any atom is -0.466 e. The number of amides is 1. The summed E-state index contributed by atoms with van der Waals surface area (Å²) in [6.45, 7) is 8.10. The van der Waals surface area contributed by atoms with Crippen LogP contribution in [-0.2, 0) is 0 Å². The maximum atomic E-state index is 11.9. The van der Waals surface area contributed by atoms with Gasteiger partial charge in [-0.2, -0.15) is 0 Å². The fourth-order valence-electron chi connectivity index (χ4n) is 2.62. The summed E-state index contributed by atoms with van der Waals surface area (Å²) >= 11 is 0. The van der Waals surface area contributed by atoms with E-state index >= 15 is 0 Å². The third-order valence-electron chi connectivity index (χ3n) is 3.67. The molecule has 0 atom stereocenters. The summed E-state index contributed by atoms with van der Waals surface area (Å²) in [5.41, 5.74) is 0.664. The third-order valence-corrected chi connectivity index (χ3v) is 3.67. The molecule has 2 rings (SSSR count). The van der Waals surface area contributed by atoms with Crippen molar-refractivity contribution in [2.45, 2.75) is 39.5 Å². The number of carbonyl (C=O) groups is 1. The Morgan fingerprint density at radius 2 is 2.00 bits per heavy atom. The van der Waals surface area contributed by atoms with E-state index < -0.39 is 0 Å². The lowest BCUT2D eigenvalue weighted by Crippen LogP contribution is -2.26. The molecule has 0 bridgehead atoms. The zero-order chi connectivity index (χ0) is 13.7. The van der Waals surface area contributed by atoms with Crippen LogP contribution >= 0.6 is 12.4 Å². The normalized spacial score (nSPS) is 15.1. The van der Waals surface area contributed by atoms with Crippen LogP contribution < -0.4 is 5.32 Å². The predicted molar refractivity (Wildman–Crippen MR) is 82.7 cm³/mol. The summed E-state index contributed by atoms with van der Waals surface area (Å²) in [5, 5.41) is 2.96. The summed E-state index contributed by atoms with van der Waals surface area (Å²) in [6.07, 6.45) is 4.88. The highest BCUT2D eigenvalue weighted by molar-refractivity contribution is 5.95. The first-order valence-electron chi connectivity index (χ1n) is 7.24. The number of carbonyl (C=O) groups excluding carboxylic acids is 1. The van der Waals surface area contributed by atoms with Crippen molar-refractivity contribution in [2.75, 3.05) is 26.2 Å². The van der Waals surface area contributed by atoms with Crippen LogP contribution in [0.3, 0.4) is 0 Å². The highest BCUT2D eigenvalue weighted by atomic mass is 35.5. The Bertz CT molecular complexity index is 426. The van der Waals surface area contributed by atoms with E-state index in [1.807, 2.05) is 13.8 Å². The zero-order valence-electron chi connectivity index (χ0n) is 12.4. The highest BCUT2D eigenvalue weighted by Gasteiger charge is 2.13. The molecule has 0 spiro atoms. The summed E-state index contributed by atoms with van der Waals surface area (Å²) in [5.74, 6) is 1.47. The number of nitrogens with one attached hydrogen (secondary N) is 1. The lowest BCUT2D eigenvalue weighted by atomic mass is 10.2. The average Bonchev–Trinajstić information content (AvgIpc) is 2.98. The maximum absolute atomic E-state index is 11.9. The lowest BCUT2D eigenvalue weighted by molar-refractivity contribution is 0.0951. The molecule has 4 nitrogen and oxygen atoms in total. The molecule has 1 aliphatic heterocycles. The second-order valence-corrected chi connectivity index (χ2v) is 5.34. The van der Waals surface area contributed by atoms with Gasteiger partial charge in [0.05, 0.1) is 5.56 Å². The average molecular weight is 301 g/mol. The van der Waals surface area contributed by atoms with Gasteiger partial charge in [-0.25, -0.2) is 0 Å². The molecule has 1 N–H and O–H groups in total. The predicted octanol–water partition coefficient (Wildman–Crippen LogP) is 2.92. The smallest absolute Gasteiger partial charge is 0.254 e. The van der Waals surface area contributed by atoms with Gasteiger partial charge in [-0.3, -0.25) is 4.79 Å². The van der Waals surface area contributed by atoms with Crippen LogP contribution in [0.15, 0.2) is 10.5 Å². The van der Waals surface area contributed by atoms with E-state index in [1.54, 1.807) is 6.07 Å². The van der Waals surface area contributed by atoms with Crippen molar-refractivity contribution in [1.29, 1.82) is 0 Å². The molecule has 1 saturated heterocycles. The number of furan rings is 1. The van der Waals surface area contributed by atoms with E-state index in [-0.39, 0.29) is 18.3 Å². The summed E-state index contributed by atoms with van der Waals surface area (Å²) in [7, 11) is 0. The van der Waals surface area contributed by atoms with Gasteiger partial charge >= 0.3 is 0 Å². The largest absolute Gasteiger partial charge is 0.466 e. The molecule has 0 aliphatic carbocycles. The van der Waals surface area contributed by atoms with Gasteiger partial charge in [-0.05, 0) is 65.2 Å². The Morgan fingerprint density at radius 3 is 2.60 bits per heavy atom. The van der Waals surface area contributed by atoms with Gasteiger partial charge in [0, 0.05) is 6.54 Å². The van der Waals surface area contributed by atoms with E-state index in [0.29, 0.717) is 11.3 Å². The Labute approximate surface area is 127 Å². The minimum absolute atomic E-state index is 0. The summed E-state index contributed by atoms with van der Waals surface area (Å²) in [4.78, 5) is 14.4. The van der Waals surface area contributed by atoms with Crippen molar-refractivity contribution in [3.05, 3.63) is 23.2 Å². The van der Waals surface area contributed by atoms with Gasteiger partial charge in [0.2, 0.25) is 0 Å². The zero-order valence-corrected chi connectivity index (χ0v) is 13.2. The van der Waals surface area contributed by atoms with Crippen LogP contribution in [0.25, 0.3) is 0 Å². The van der Waals surface area contributed by atoms with Crippen molar-refractivity contribution >= 4 is 18.3 Å². The molecule has 0 unspecified atom stereocenters. The van der Waals surface area contributed by atoms with Crippen molar-refractivity contribution in [1.82, 2.24) is 10.2 Å². The first-order chi connectivity index (χ1) is 9.16. The van der Waals surface area contributed by atoms with E-state index in [0.717, 1.165) is 25.1 Å². The molecule has 1 aliphatic rings. The van der Waals surface area contributed by atoms with Gasteiger partial charge in [-0.15, -0.1) is 12.4 Å². The van der Waals surface area contributed by atoms with E-state index in [2.05, 4.69) is 10.2 Å². The fraction of sp³-hybridized carbons (Fsp3) is 0.667. The molecular weight excluding hydrogens is 276 g/mol. The number of likely N-dealkylation sites (tertiary alicyclic amines) is 1. The van der Waals surface area contributed by atoms with E-state index in [4.69, 9.17) is 4.42 Å². The van der Waals surface area contributed by atoms with Crippen molar-refractivity contribution in [3.63, 3.8) is 0 Å². The van der Waals surface area contributed by atoms with Crippen molar-refractivity contribution in [2.24, 2.45) is 0 Å². The number of aryl methyl sites for hydroxylation is 2. The second kappa shape index (κ2) is 8.32. The molecule has 20 heavy (non-hydrogen) atoms. The number of rotatable bonds is 6. The molecule has 0 aromatic carbocycles. The molecule has 1 fully saturated rings. The Morgan fingerprint density at radius 1 is 1.30 bits per heavy atom. The first kappa shape index (κ1) is 17.1. The minimum atomic E-state index is -0.0180. The summed E-state index contributed by atoms with van der Waals surface area (Å²) < 4.78 is 5.36. The number of nitrogens with zero attached hydrogens (tertiary/aromatic N) is 1. The Balaban J connectivity index is 0.00000200. The molecule has 5 heteroatoms. The third kappa shape index (κ3) is 4.84. The number of hydrogen-bond acceptors (Lipinski definition) is 3. The monoisotopic (exact) mass is 300 g/mol. The van der Waals surface area contributed by atoms with Crippen LogP contribution in [0.4, 0.5) is 0 Å².